The summed E-state index contributed by atoms with van der Waals surface area (Å²) in [5, 5.41) is 8.78. The molecule has 2 heteroatoms. The van der Waals surface area contributed by atoms with Gasteiger partial charge in [0, 0.05) is 0 Å². The van der Waals surface area contributed by atoms with Crippen molar-refractivity contribution in [2.75, 3.05) is 0 Å². The minimum atomic E-state index is -0.139. The van der Waals surface area contributed by atoms with E-state index in [9.17, 15) is 4.79 Å². The van der Waals surface area contributed by atoms with Gasteiger partial charge in [-0.2, -0.15) is 0 Å². The van der Waals surface area contributed by atoms with E-state index in [4.69, 9.17) is 5.11 Å². The second-order valence-electron chi connectivity index (χ2n) is 1.37. The zero-order valence-electron chi connectivity index (χ0n) is 5.00. The van der Waals surface area contributed by atoms with Gasteiger partial charge >= 0.3 is 0 Å². The Morgan fingerprint density at radius 1 is 1.33 bits per heavy atom. The number of carbonyl (C=O) groups excluding carboxylic acids is 1. The fourth-order valence-corrected chi connectivity index (χ4v) is 0.331. The van der Waals surface area contributed by atoms with Crippen LogP contribution >= 0.6 is 0 Å². The van der Waals surface area contributed by atoms with E-state index in [1.807, 2.05) is 0 Å². The highest BCUT2D eigenvalue weighted by atomic mass is 16.3. The van der Waals surface area contributed by atoms with Crippen molar-refractivity contribution in [1.82, 2.24) is 0 Å². The van der Waals surface area contributed by atoms with E-state index in [1.54, 1.807) is 0 Å². The Balaban J connectivity index is 4.56. The molecule has 2 nitrogen and oxygen atoms in total. The van der Waals surface area contributed by atoms with Crippen LogP contribution in [0.25, 0.3) is 0 Å². The molecule has 0 bridgehead atoms. The fraction of sp³-hybridized carbons (Fsp3) is 0. The van der Waals surface area contributed by atoms with Crippen LogP contribution in [0.5, 0.6) is 0 Å². The van der Waals surface area contributed by atoms with Crippen LogP contribution in [0.15, 0.2) is 36.6 Å². The van der Waals surface area contributed by atoms with Crippen LogP contribution in [0, 0.1) is 0 Å². The highest BCUT2D eigenvalue weighted by Crippen LogP contribution is 1.98. The first-order valence-electron chi connectivity index (χ1n) is 2.39. The molecule has 0 aromatic heterocycles. The number of rotatable bonds is 3. The maximum absolute atomic E-state index is 10.00. The quantitative estimate of drug-likeness (QED) is 0.267. The van der Waals surface area contributed by atoms with Crippen molar-refractivity contribution >= 4 is 6.29 Å². The first kappa shape index (κ1) is 7.69. The highest BCUT2D eigenvalue weighted by Gasteiger charge is 1.92. The van der Waals surface area contributed by atoms with E-state index in [1.165, 1.54) is 12.2 Å². The molecule has 9 heavy (non-hydrogen) atoms. The average molecular weight is 124 g/mol. The maximum atomic E-state index is 10.00. The molecule has 0 aliphatic rings. The van der Waals surface area contributed by atoms with Crippen molar-refractivity contribution in [3.8, 4) is 0 Å². The van der Waals surface area contributed by atoms with Crippen LogP contribution in [-0.4, -0.2) is 11.4 Å². The molecule has 0 aromatic rings. The van der Waals surface area contributed by atoms with Crippen molar-refractivity contribution in [1.29, 1.82) is 0 Å². The smallest absolute Gasteiger partial charge is 0.153 e. The molecule has 0 fully saturated rings. The van der Waals surface area contributed by atoms with Crippen molar-refractivity contribution in [3.05, 3.63) is 36.6 Å². The van der Waals surface area contributed by atoms with Crippen LogP contribution in [0.2, 0.25) is 0 Å². The van der Waals surface area contributed by atoms with Crippen LogP contribution in [-0.2, 0) is 4.79 Å². The first-order valence-corrected chi connectivity index (χ1v) is 2.39. The third-order valence-corrected chi connectivity index (χ3v) is 0.836. The molecule has 0 amide bonds. The molecular weight excluding hydrogens is 116 g/mol. The second kappa shape index (κ2) is 3.66. The minimum absolute atomic E-state index is 0.139. The summed E-state index contributed by atoms with van der Waals surface area (Å²) >= 11 is 0. The molecule has 0 aromatic carbocycles. The largest absolute Gasteiger partial charge is 0.507 e. The van der Waals surface area contributed by atoms with Crippen molar-refractivity contribution < 1.29 is 9.90 Å². The SMILES string of the molecule is C=C/C(O)=C(\C=C)C=O. The Labute approximate surface area is 53.8 Å². The number of hydrogen-bond acceptors (Lipinski definition) is 2. The summed E-state index contributed by atoms with van der Waals surface area (Å²) < 4.78 is 0. The molecule has 0 radical (unpaired) electrons. The number of hydrogen-bond donors (Lipinski definition) is 1. The zero-order valence-corrected chi connectivity index (χ0v) is 5.00. The van der Waals surface area contributed by atoms with Crippen molar-refractivity contribution in [3.63, 3.8) is 0 Å². The van der Waals surface area contributed by atoms with E-state index < -0.39 is 0 Å². The van der Waals surface area contributed by atoms with Gasteiger partial charge in [-0.05, 0) is 6.08 Å². The maximum Gasteiger partial charge on any atom is 0.153 e. The number of aldehydes is 1. The minimum Gasteiger partial charge on any atom is -0.507 e. The lowest BCUT2D eigenvalue weighted by molar-refractivity contribution is -0.104. The van der Waals surface area contributed by atoms with Crippen molar-refractivity contribution in [2.24, 2.45) is 0 Å². The van der Waals surface area contributed by atoms with Crippen molar-refractivity contribution in [2.45, 2.75) is 0 Å². The van der Waals surface area contributed by atoms with E-state index in [0.29, 0.717) is 6.29 Å². The molecule has 0 aliphatic heterocycles. The fourth-order valence-electron chi connectivity index (χ4n) is 0.331. The van der Waals surface area contributed by atoms with Crippen LogP contribution < -0.4 is 0 Å². The summed E-state index contributed by atoms with van der Waals surface area (Å²) in [4.78, 5) is 10.00. The number of aliphatic hydroxyl groups excluding tert-OH is 1. The number of carbonyl (C=O) groups is 1. The molecule has 0 aliphatic carbocycles. The number of aliphatic hydroxyl groups is 1. The van der Waals surface area contributed by atoms with Gasteiger partial charge in [0.2, 0.25) is 0 Å². The van der Waals surface area contributed by atoms with Gasteiger partial charge in [0.1, 0.15) is 5.76 Å². The van der Waals surface area contributed by atoms with Gasteiger partial charge in [-0.15, -0.1) is 0 Å². The van der Waals surface area contributed by atoms with Gasteiger partial charge in [0.05, 0.1) is 5.57 Å². The zero-order chi connectivity index (χ0) is 7.28. The Morgan fingerprint density at radius 2 is 1.89 bits per heavy atom. The summed E-state index contributed by atoms with van der Waals surface area (Å²) in [5.41, 5.74) is 0.157. The molecule has 0 saturated carbocycles. The average Bonchev–Trinajstić information content (AvgIpc) is 1.90. The Kier molecular flexibility index (Phi) is 3.13. The van der Waals surface area contributed by atoms with E-state index >= 15 is 0 Å². The summed E-state index contributed by atoms with van der Waals surface area (Å²) in [7, 11) is 0. The van der Waals surface area contributed by atoms with Gasteiger partial charge in [-0.3, -0.25) is 4.79 Å². The summed E-state index contributed by atoms with van der Waals surface area (Å²) in [6.07, 6.45) is 2.97. The summed E-state index contributed by atoms with van der Waals surface area (Å²) in [6, 6.07) is 0. The van der Waals surface area contributed by atoms with E-state index in [0.717, 1.165) is 0 Å². The second-order valence-corrected chi connectivity index (χ2v) is 1.37. The molecular formula is C7H8O2. The van der Waals surface area contributed by atoms with Crippen LogP contribution in [0.4, 0.5) is 0 Å². The summed E-state index contributed by atoms with van der Waals surface area (Å²) in [6.45, 7) is 6.57. The monoisotopic (exact) mass is 124 g/mol. The van der Waals surface area contributed by atoms with E-state index in [2.05, 4.69) is 13.2 Å². The number of allylic oxidation sites excluding steroid dienone is 3. The Bertz CT molecular complexity index is 156. The van der Waals surface area contributed by atoms with Gasteiger partial charge in [0.15, 0.2) is 6.29 Å². The molecule has 0 spiro atoms. The van der Waals surface area contributed by atoms with E-state index in [-0.39, 0.29) is 11.3 Å². The molecule has 0 atom stereocenters. The lowest BCUT2D eigenvalue weighted by Crippen LogP contribution is -1.84. The first-order chi connectivity index (χ1) is 4.26. The highest BCUT2D eigenvalue weighted by molar-refractivity contribution is 5.78. The van der Waals surface area contributed by atoms with Crippen LogP contribution in [0.1, 0.15) is 0 Å². The predicted molar refractivity (Wildman–Crippen MR) is 36.1 cm³/mol. The van der Waals surface area contributed by atoms with Crippen LogP contribution in [0.3, 0.4) is 0 Å². The third kappa shape index (κ3) is 1.95. The Morgan fingerprint density at radius 3 is 2.00 bits per heavy atom. The summed E-state index contributed by atoms with van der Waals surface area (Å²) in [5.74, 6) is -0.139. The molecule has 1 N–H and O–H groups in total. The standard InChI is InChI=1S/C7H8O2/c1-3-6(5-8)7(9)4-2/h3-5,9H,1-2H2/b7-6-. The molecule has 48 valence electrons. The lowest BCUT2D eigenvalue weighted by atomic mass is 10.2. The predicted octanol–water partition coefficient (Wildman–Crippen LogP) is 1.37. The molecule has 0 unspecified atom stereocenters. The lowest BCUT2D eigenvalue weighted by Gasteiger charge is -1.90. The molecule has 0 rings (SSSR count). The third-order valence-electron chi connectivity index (χ3n) is 0.836. The van der Waals surface area contributed by atoms with Gasteiger partial charge in [-0.1, -0.05) is 19.2 Å². The normalized spacial score (nSPS) is 11.6. The van der Waals surface area contributed by atoms with Gasteiger partial charge < -0.3 is 5.11 Å². The van der Waals surface area contributed by atoms with Gasteiger partial charge in [0.25, 0.3) is 0 Å². The topological polar surface area (TPSA) is 37.3 Å². The molecule has 0 saturated heterocycles. The van der Waals surface area contributed by atoms with Gasteiger partial charge in [-0.25, -0.2) is 0 Å². The molecule has 0 heterocycles. The Hall–Kier alpha value is -1.31.